The van der Waals surface area contributed by atoms with Gasteiger partial charge in [-0.15, -0.1) is 0 Å². The van der Waals surface area contributed by atoms with Gasteiger partial charge in [0.2, 0.25) is 5.91 Å². The standard InChI is InChI=1S/C26H45NO3S/c1-16(4-7-23(30)27-12-13-31)19-5-6-20-24-21(9-11-26(19,20)3)25(2)10-8-18(28)14-17(25)15-22(24)29/h16-22,24,28-29,31H,4-15H2,1-3H3,(H,27,30)/t16-,17+,18-,19-,20+,21+,22-,24+,25+,26-/m1/s1. The number of hydrogen-bond acceptors (Lipinski definition) is 4. The third kappa shape index (κ3) is 4.21. The molecule has 0 radical (unpaired) electrons. The molecule has 178 valence electrons. The van der Waals surface area contributed by atoms with Crippen LogP contribution in [0.25, 0.3) is 0 Å². The summed E-state index contributed by atoms with van der Waals surface area (Å²) in [7, 11) is 0. The summed E-state index contributed by atoms with van der Waals surface area (Å²) in [5.74, 6) is 4.15. The van der Waals surface area contributed by atoms with Crippen LogP contribution in [0, 0.1) is 46.3 Å². The van der Waals surface area contributed by atoms with Crippen molar-refractivity contribution in [3.8, 4) is 0 Å². The smallest absolute Gasteiger partial charge is 0.220 e. The third-order valence-electron chi connectivity index (χ3n) is 10.7. The second kappa shape index (κ2) is 9.18. The molecule has 0 aromatic heterocycles. The lowest BCUT2D eigenvalue weighted by atomic mass is 9.43. The van der Waals surface area contributed by atoms with E-state index in [-0.39, 0.29) is 18.1 Å². The molecule has 1 amide bonds. The molecule has 5 heteroatoms. The highest BCUT2D eigenvalue weighted by molar-refractivity contribution is 7.80. The number of carbonyl (C=O) groups is 1. The van der Waals surface area contributed by atoms with Gasteiger partial charge in [-0.1, -0.05) is 20.8 Å². The average Bonchev–Trinajstić information content (AvgIpc) is 3.09. The minimum Gasteiger partial charge on any atom is -0.393 e. The van der Waals surface area contributed by atoms with Gasteiger partial charge in [-0.25, -0.2) is 0 Å². The molecular formula is C26H45NO3S. The van der Waals surface area contributed by atoms with Gasteiger partial charge in [0.05, 0.1) is 12.2 Å². The third-order valence-corrected chi connectivity index (χ3v) is 10.9. The maximum Gasteiger partial charge on any atom is 0.220 e. The maximum atomic E-state index is 12.1. The lowest BCUT2D eigenvalue weighted by Gasteiger charge is -2.62. The molecule has 4 saturated carbocycles. The molecule has 0 aliphatic heterocycles. The largest absolute Gasteiger partial charge is 0.393 e. The van der Waals surface area contributed by atoms with Crippen LogP contribution in [0.5, 0.6) is 0 Å². The van der Waals surface area contributed by atoms with Crippen molar-refractivity contribution in [1.82, 2.24) is 5.32 Å². The first-order valence-electron chi connectivity index (χ1n) is 12.9. The van der Waals surface area contributed by atoms with E-state index in [0.717, 1.165) is 32.1 Å². The van der Waals surface area contributed by atoms with E-state index < -0.39 is 0 Å². The predicted octanol–water partition coefficient (Wildman–Crippen LogP) is 4.44. The highest BCUT2D eigenvalue weighted by Crippen LogP contribution is 2.68. The van der Waals surface area contributed by atoms with Crippen molar-refractivity contribution >= 4 is 18.5 Å². The van der Waals surface area contributed by atoms with E-state index in [1.807, 2.05) is 0 Å². The molecule has 0 unspecified atom stereocenters. The summed E-state index contributed by atoms with van der Waals surface area (Å²) < 4.78 is 0. The molecule has 31 heavy (non-hydrogen) atoms. The number of carbonyl (C=O) groups excluding carboxylic acids is 1. The Balaban J connectivity index is 1.46. The van der Waals surface area contributed by atoms with Crippen molar-refractivity contribution in [2.24, 2.45) is 46.3 Å². The Labute approximate surface area is 194 Å². The van der Waals surface area contributed by atoms with Crippen molar-refractivity contribution < 1.29 is 15.0 Å². The fourth-order valence-electron chi connectivity index (χ4n) is 9.02. The van der Waals surface area contributed by atoms with E-state index in [2.05, 4.69) is 38.7 Å². The van der Waals surface area contributed by atoms with Crippen molar-refractivity contribution in [3.05, 3.63) is 0 Å². The van der Waals surface area contributed by atoms with Gasteiger partial charge >= 0.3 is 0 Å². The van der Waals surface area contributed by atoms with Crippen LogP contribution in [0.1, 0.15) is 85.0 Å². The molecule has 0 aromatic carbocycles. The van der Waals surface area contributed by atoms with E-state index in [1.54, 1.807) is 0 Å². The van der Waals surface area contributed by atoms with Crippen molar-refractivity contribution in [1.29, 1.82) is 0 Å². The summed E-state index contributed by atoms with van der Waals surface area (Å²) in [6.45, 7) is 7.99. The number of hydrogen-bond donors (Lipinski definition) is 4. The summed E-state index contributed by atoms with van der Waals surface area (Å²) >= 11 is 4.17. The Morgan fingerprint density at radius 2 is 1.77 bits per heavy atom. The number of aliphatic hydroxyl groups is 2. The fraction of sp³-hybridized carbons (Fsp3) is 0.962. The highest BCUT2D eigenvalue weighted by atomic mass is 32.1. The molecule has 4 rings (SSSR count). The monoisotopic (exact) mass is 451 g/mol. The summed E-state index contributed by atoms with van der Waals surface area (Å²) in [4.78, 5) is 12.1. The molecule has 10 atom stereocenters. The number of thiol groups is 1. The number of nitrogens with one attached hydrogen (secondary N) is 1. The zero-order valence-corrected chi connectivity index (χ0v) is 20.7. The Hall–Kier alpha value is -0.260. The maximum absolute atomic E-state index is 12.1. The van der Waals surface area contributed by atoms with Crippen LogP contribution in [0.2, 0.25) is 0 Å². The second-order valence-electron chi connectivity index (χ2n) is 12.0. The predicted molar refractivity (Wildman–Crippen MR) is 128 cm³/mol. The topological polar surface area (TPSA) is 69.6 Å². The molecule has 0 heterocycles. The molecule has 4 nitrogen and oxygen atoms in total. The number of amides is 1. The van der Waals surface area contributed by atoms with Crippen LogP contribution in [0.3, 0.4) is 0 Å². The van der Waals surface area contributed by atoms with Crippen molar-refractivity contribution in [3.63, 3.8) is 0 Å². The van der Waals surface area contributed by atoms with Crippen LogP contribution in [0.4, 0.5) is 0 Å². The van der Waals surface area contributed by atoms with Gasteiger partial charge < -0.3 is 15.5 Å². The van der Waals surface area contributed by atoms with Gasteiger partial charge in [-0.3, -0.25) is 4.79 Å². The Kier molecular flexibility index (Phi) is 7.07. The Morgan fingerprint density at radius 3 is 2.52 bits per heavy atom. The summed E-state index contributed by atoms with van der Waals surface area (Å²) in [5, 5.41) is 24.6. The zero-order valence-electron chi connectivity index (χ0n) is 19.9. The minimum absolute atomic E-state index is 0.158. The van der Waals surface area contributed by atoms with Crippen molar-refractivity contribution in [2.45, 2.75) is 97.2 Å². The number of rotatable bonds is 6. The van der Waals surface area contributed by atoms with E-state index in [0.29, 0.717) is 65.1 Å². The average molecular weight is 452 g/mol. The van der Waals surface area contributed by atoms with Gasteiger partial charge in [-0.05, 0) is 104 Å². The Morgan fingerprint density at radius 1 is 1.06 bits per heavy atom. The number of fused-ring (bicyclic) bond motifs is 5. The second-order valence-corrected chi connectivity index (χ2v) is 12.5. The summed E-state index contributed by atoms with van der Waals surface area (Å²) in [6.07, 6.45) is 9.98. The fourth-order valence-corrected chi connectivity index (χ4v) is 9.13. The Bertz CT molecular complexity index is 659. The van der Waals surface area contributed by atoms with Crippen molar-refractivity contribution in [2.75, 3.05) is 12.3 Å². The first kappa shape index (κ1) is 23.9. The van der Waals surface area contributed by atoms with Crippen LogP contribution in [0.15, 0.2) is 0 Å². The van der Waals surface area contributed by atoms with Crippen LogP contribution < -0.4 is 5.32 Å². The lowest BCUT2D eigenvalue weighted by Crippen LogP contribution is -2.58. The molecule has 4 fully saturated rings. The van der Waals surface area contributed by atoms with E-state index in [4.69, 9.17) is 0 Å². The van der Waals surface area contributed by atoms with Gasteiger partial charge in [-0.2, -0.15) is 12.6 Å². The molecule has 0 saturated heterocycles. The van der Waals surface area contributed by atoms with Crippen LogP contribution in [-0.2, 0) is 4.79 Å². The summed E-state index contributed by atoms with van der Waals surface area (Å²) in [5.41, 5.74) is 0.583. The quantitative estimate of drug-likeness (QED) is 0.451. The summed E-state index contributed by atoms with van der Waals surface area (Å²) in [6, 6.07) is 0. The molecule has 0 aromatic rings. The number of aliphatic hydroxyl groups excluding tert-OH is 2. The van der Waals surface area contributed by atoms with Gasteiger partial charge in [0.25, 0.3) is 0 Å². The SMILES string of the molecule is C[C@H](CCC(=O)NCCS)[C@H]1CC[C@H]2[C@@H]3[C@H](O)C[C@@H]4C[C@H](O)CC[C@]4(C)[C@H]3CC[C@]12C. The molecular weight excluding hydrogens is 406 g/mol. The van der Waals surface area contributed by atoms with Gasteiger partial charge in [0.15, 0.2) is 0 Å². The van der Waals surface area contributed by atoms with E-state index in [1.165, 1.54) is 25.7 Å². The minimum atomic E-state index is -0.209. The molecule has 3 N–H and O–H groups in total. The van der Waals surface area contributed by atoms with Gasteiger partial charge in [0, 0.05) is 18.7 Å². The zero-order chi connectivity index (χ0) is 22.4. The van der Waals surface area contributed by atoms with Gasteiger partial charge in [0.1, 0.15) is 0 Å². The lowest BCUT2D eigenvalue weighted by molar-refractivity contribution is -0.174. The molecule has 0 spiro atoms. The first-order valence-corrected chi connectivity index (χ1v) is 13.6. The van der Waals surface area contributed by atoms with E-state index in [9.17, 15) is 15.0 Å². The first-order chi connectivity index (χ1) is 14.7. The highest BCUT2D eigenvalue weighted by Gasteiger charge is 2.62. The van der Waals surface area contributed by atoms with Crippen LogP contribution in [-0.4, -0.2) is 40.6 Å². The van der Waals surface area contributed by atoms with Crippen LogP contribution >= 0.6 is 12.6 Å². The van der Waals surface area contributed by atoms with E-state index >= 15 is 0 Å². The molecule has 4 aliphatic carbocycles. The molecule has 0 bridgehead atoms. The molecule has 4 aliphatic rings. The normalized spacial score (nSPS) is 47.7.